The molecule has 0 bridgehead atoms. The number of ether oxygens (including phenoxy) is 1. The highest BCUT2D eigenvalue weighted by Gasteiger charge is 2.44. The third kappa shape index (κ3) is 3.53. The summed E-state index contributed by atoms with van der Waals surface area (Å²) in [5.41, 5.74) is 0.0981. The Labute approximate surface area is 123 Å². The third-order valence-electron chi connectivity index (χ3n) is 3.38. The lowest BCUT2D eigenvalue weighted by Gasteiger charge is -2.32. The monoisotopic (exact) mass is 295 g/mol. The minimum atomic E-state index is -0.822. The van der Waals surface area contributed by atoms with E-state index in [9.17, 15) is 4.79 Å². The van der Waals surface area contributed by atoms with Gasteiger partial charge in [0.05, 0.1) is 13.7 Å². The lowest BCUT2D eigenvalue weighted by molar-refractivity contribution is -0.148. The summed E-state index contributed by atoms with van der Waals surface area (Å²) in [6, 6.07) is 10.1. The van der Waals surface area contributed by atoms with E-state index in [1.807, 2.05) is 30.3 Å². The number of benzene rings is 1. The number of aliphatic hydroxyl groups is 1. The van der Waals surface area contributed by atoms with Gasteiger partial charge in [-0.2, -0.15) is 11.8 Å². The highest BCUT2D eigenvalue weighted by molar-refractivity contribution is 7.99. The number of methoxy groups -OCH3 is 1. The quantitative estimate of drug-likeness (QED) is 0.563. The summed E-state index contributed by atoms with van der Waals surface area (Å²) >= 11 is 1.56. The molecule has 20 heavy (non-hydrogen) atoms. The van der Waals surface area contributed by atoms with Crippen molar-refractivity contribution in [2.75, 3.05) is 25.2 Å². The van der Waals surface area contributed by atoms with Crippen LogP contribution in [0.1, 0.15) is 18.4 Å². The number of hydrogen-bond acceptors (Lipinski definition) is 5. The molecule has 110 valence electrons. The molecule has 0 aromatic heterocycles. The predicted octanol–water partition coefficient (Wildman–Crippen LogP) is 1.53. The van der Waals surface area contributed by atoms with E-state index in [2.05, 4.69) is 5.32 Å². The van der Waals surface area contributed by atoms with Crippen molar-refractivity contribution in [1.29, 1.82) is 0 Å². The summed E-state index contributed by atoms with van der Waals surface area (Å²) in [5.74, 6) is 0.902. The Morgan fingerprint density at radius 3 is 2.70 bits per heavy atom. The van der Waals surface area contributed by atoms with Crippen LogP contribution in [0, 0.1) is 0 Å². The smallest absolute Gasteiger partial charge is 0.331 e. The molecule has 1 aromatic rings. The number of aliphatic hydroxyl groups excluding tert-OH is 1. The van der Waals surface area contributed by atoms with Crippen molar-refractivity contribution in [3.05, 3.63) is 35.9 Å². The van der Waals surface area contributed by atoms with Gasteiger partial charge in [-0.1, -0.05) is 30.3 Å². The second-order valence-electron chi connectivity index (χ2n) is 4.96. The molecule has 1 aliphatic rings. The van der Waals surface area contributed by atoms with E-state index < -0.39 is 5.54 Å². The molecule has 4 nitrogen and oxygen atoms in total. The number of rotatable bonds is 8. The standard InChI is InChI=1S/C15H21NO3S/c1-19-14(18)15(11-20-10-9-17,16-13-7-8-13)12-5-3-2-4-6-12/h2-6,13,16-17H,7-11H2,1H3. The van der Waals surface area contributed by atoms with E-state index in [0.717, 1.165) is 18.4 Å². The third-order valence-corrected chi connectivity index (χ3v) is 4.49. The van der Waals surface area contributed by atoms with Crippen LogP contribution in [0.2, 0.25) is 0 Å². The van der Waals surface area contributed by atoms with Crippen molar-refractivity contribution in [3.8, 4) is 0 Å². The fraction of sp³-hybridized carbons (Fsp3) is 0.533. The molecule has 5 heteroatoms. The van der Waals surface area contributed by atoms with E-state index in [1.165, 1.54) is 7.11 Å². The van der Waals surface area contributed by atoms with Crippen molar-refractivity contribution in [3.63, 3.8) is 0 Å². The zero-order valence-corrected chi connectivity index (χ0v) is 12.5. The van der Waals surface area contributed by atoms with E-state index in [1.54, 1.807) is 11.8 Å². The molecular weight excluding hydrogens is 274 g/mol. The topological polar surface area (TPSA) is 58.6 Å². The van der Waals surface area contributed by atoms with Crippen LogP contribution in [0.4, 0.5) is 0 Å². The van der Waals surface area contributed by atoms with Crippen LogP contribution in [0.5, 0.6) is 0 Å². The van der Waals surface area contributed by atoms with Crippen molar-refractivity contribution in [2.24, 2.45) is 0 Å². The Morgan fingerprint density at radius 1 is 1.45 bits per heavy atom. The second-order valence-corrected chi connectivity index (χ2v) is 6.06. The van der Waals surface area contributed by atoms with Gasteiger partial charge in [0.25, 0.3) is 0 Å². The van der Waals surface area contributed by atoms with Gasteiger partial charge in [-0.25, -0.2) is 4.79 Å². The average Bonchev–Trinajstić information content (AvgIpc) is 3.30. The molecule has 0 spiro atoms. The number of carbonyl (C=O) groups is 1. The van der Waals surface area contributed by atoms with E-state index in [-0.39, 0.29) is 12.6 Å². The minimum absolute atomic E-state index is 0.111. The molecule has 0 radical (unpaired) electrons. The molecule has 0 amide bonds. The molecule has 2 N–H and O–H groups in total. The SMILES string of the molecule is COC(=O)C(CSCCO)(NC1CC1)c1ccccc1. The van der Waals surface area contributed by atoms with Crippen LogP contribution in [-0.4, -0.2) is 42.3 Å². The van der Waals surface area contributed by atoms with Gasteiger partial charge in [-0.05, 0) is 18.4 Å². The van der Waals surface area contributed by atoms with Crippen molar-refractivity contribution in [2.45, 2.75) is 24.4 Å². The molecule has 0 saturated heterocycles. The molecule has 0 aliphatic heterocycles. The molecule has 1 atom stereocenters. The van der Waals surface area contributed by atoms with Gasteiger partial charge in [0, 0.05) is 17.5 Å². The summed E-state index contributed by atoms with van der Waals surface area (Å²) in [5, 5.41) is 12.4. The van der Waals surface area contributed by atoms with Gasteiger partial charge in [0.15, 0.2) is 5.54 Å². The number of nitrogens with one attached hydrogen (secondary N) is 1. The molecule has 1 saturated carbocycles. The van der Waals surface area contributed by atoms with Crippen molar-refractivity contribution >= 4 is 17.7 Å². The van der Waals surface area contributed by atoms with Gasteiger partial charge in [0.1, 0.15) is 0 Å². The summed E-state index contributed by atoms with van der Waals surface area (Å²) in [6.07, 6.45) is 2.19. The second kappa shape index (κ2) is 7.11. The van der Waals surface area contributed by atoms with Crippen LogP contribution in [0.3, 0.4) is 0 Å². The maximum Gasteiger partial charge on any atom is 0.331 e. The Morgan fingerprint density at radius 2 is 2.15 bits per heavy atom. The van der Waals surface area contributed by atoms with Gasteiger partial charge in [-0.3, -0.25) is 5.32 Å². The zero-order chi connectivity index (χ0) is 14.4. The summed E-state index contributed by atoms with van der Waals surface area (Å²) in [7, 11) is 1.42. The Hall–Kier alpha value is -1.04. The molecule has 0 heterocycles. The average molecular weight is 295 g/mol. The van der Waals surface area contributed by atoms with Crippen LogP contribution in [-0.2, 0) is 15.1 Å². The van der Waals surface area contributed by atoms with Gasteiger partial charge >= 0.3 is 5.97 Å². The highest BCUT2D eigenvalue weighted by Crippen LogP contribution is 2.32. The summed E-state index contributed by atoms with van der Waals surface area (Å²) < 4.78 is 5.05. The lowest BCUT2D eigenvalue weighted by Crippen LogP contribution is -2.53. The number of hydrogen-bond donors (Lipinski definition) is 2. The summed E-state index contributed by atoms with van der Waals surface area (Å²) in [6.45, 7) is 0.111. The number of thioether (sulfide) groups is 1. The maximum atomic E-state index is 12.4. The lowest BCUT2D eigenvalue weighted by atomic mass is 9.91. The van der Waals surface area contributed by atoms with Crippen molar-refractivity contribution < 1.29 is 14.6 Å². The van der Waals surface area contributed by atoms with Gasteiger partial charge in [-0.15, -0.1) is 0 Å². The van der Waals surface area contributed by atoms with Gasteiger partial charge in [0.2, 0.25) is 0 Å². The Bertz CT molecular complexity index is 436. The van der Waals surface area contributed by atoms with E-state index in [0.29, 0.717) is 17.5 Å². The minimum Gasteiger partial charge on any atom is -0.467 e. The fourth-order valence-electron chi connectivity index (χ4n) is 2.21. The van der Waals surface area contributed by atoms with Crippen LogP contribution in [0.15, 0.2) is 30.3 Å². The highest BCUT2D eigenvalue weighted by atomic mass is 32.2. The molecule has 1 aliphatic carbocycles. The first kappa shape index (κ1) is 15.4. The first-order valence-electron chi connectivity index (χ1n) is 6.83. The Kier molecular flexibility index (Phi) is 5.46. The molecular formula is C15H21NO3S. The van der Waals surface area contributed by atoms with Crippen LogP contribution < -0.4 is 5.32 Å². The molecule has 1 unspecified atom stereocenters. The van der Waals surface area contributed by atoms with Gasteiger partial charge < -0.3 is 9.84 Å². The molecule has 2 rings (SSSR count). The van der Waals surface area contributed by atoms with Crippen LogP contribution in [0.25, 0.3) is 0 Å². The molecule has 1 fully saturated rings. The zero-order valence-electron chi connectivity index (χ0n) is 11.7. The first-order chi connectivity index (χ1) is 9.73. The number of carbonyl (C=O) groups excluding carboxylic acids is 1. The van der Waals surface area contributed by atoms with Crippen molar-refractivity contribution in [1.82, 2.24) is 5.32 Å². The van der Waals surface area contributed by atoms with Crippen LogP contribution >= 0.6 is 11.8 Å². The maximum absolute atomic E-state index is 12.4. The molecule has 1 aromatic carbocycles. The normalized spacial score (nSPS) is 17.5. The number of esters is 1. The van der Waals surface area contributed by atoms with E-state index in [4.69, 9.17) is 9.84 Å². The predicted molar refractivity (Wildman–Crippen MR) is 80.7 cm³/mol. The van der Waals surface area contributed by atoms with E-state index >= 15 is 0 Å². The fourth-order valence-corrected chi connectivity index (χ4v) is 3.15. The first-order valence-corrected chi connectivity index (χ1v) is 7.98. The summed E-state index contributed by atoms with van der Waals surface area (Å²) in [4.78, 5) is 12.4. The largest absolute Gasteiger partial charge is 0.467 e. The Balaban J connectivity index is 2.28.